The number of amides is 2. The molecule has 0 saturated carbocycles. The molecule has 0 spiro atoms. The number of urea groups is 1. The molecular weight excluding hydrogens is 411 g/mol. The Bertz CT molecular complexity index is 1070. The van der Waals surface area contributed by atoms with Crippen LogP contribution >= 0.6 is 11.3 Å². The summed E-state index contributed by atoms with van der Waals surface area (Å²) in [5, 5.41) is 8.66. The lowest BCUT2D eigenvalue weighted by Crippen LogP contribution is -2.18. The Balaban J connectivity index is 1.64. The number of thiophene rings is 1. The average molecular weight is 437 g/mol. The number of hydrogen-bond donors (Lipinski definition) is 2. The number of nitrogens with two attached hydrogens (primary N) is 1. The van der Waals surface area contributed by atoms with E-state index in [2.05, 4.69) is 15.7 Å². The number of carbonyl (C=O) groups is 1. The van der Waals surface area contributed by atoms with Crippen molar-refractivity contribution >= 4 is 33.0 Å². The number of nitrogens with zero attached hydrogens (tertiary/aromatic N) is 2. The van der Waals surface area contributed by atoms with E-state index >= 15 is 0 Å². The number of aryl methyl sites for hydroxylation is 2. The topological polar surface area (TPSA) is 87.8 Å². The lowest BCUT2D eigenvalue weighted by molar-refractivity contribution is 0.260. The summed E-state index contributed by atoms with van der Waals surface area (Å²) in [7, 11) is 0.0402. The van der Waals surface area contributed by atoms with Crippen LogP contribution in [0.1, 0.15) is 40.0 Å². The van der Waals surface area contributed by atoms with Crippen LogP contribution in [-0.2, 0) is 42.1 Å². The van der Waals surface area contributed by atoms with Crippen LogP contribution in [0.2, 0.25) is 0 Å². The summed E-state index contributed by atoms with van der Waals surface area (Å²) in [6.45, 7) is 0.492. The molecule has 4 rings (SSSR count). The zero-order chi connectivity index (χ0) is 20.8. The van der Waals surface area contributed by atoms with Gasteiger partial charge in [-0.05, 0) is 80.9 Å². The summed E-state index contributed by atoms with van der Waals surface area (Å²) in [6, 6.07) is 2.78. The van der Waals surface area contributed by atoms with Gasteiger partial charge in [0.25, 0.3) is 0 Å². The highest BCUT2D eigenvalue weighted by Crippen LogP contribution is 2.38. The van der Waals surface area contributed by atoms with Gasteiger partial charge in [-0.25, -0.2) is 18.5 Å². The second kappa shape index (κ2) is 7.79. The number of rotatable bonds is 4. The molecule has 0 radical (unpaired) electrons. The van der Waals surface area contributed by atoms with Crippen molar-refractivity contribution < 1.29 is 13.4 Å². The number of fused-ring (bicyclic) bond motifs is 2. The maximum Gasteiger partial charge on any atom is 0.354 e. The van der Waals surface area contributed by atoms with E-state index in [1.54, 1.807) is 0 Å². The van der Waals surface area contributed by atoms with Crippen LogP contribution in [0.5, 0.6) is 0 Å². The number of halogens is 1. The molecule has 9 heteroatoms. The van der Waals surface area contributed by atoms with Gasteiger partial charge in [0, 0.05) is 17.1 Å². The highest BCUT2D eigenvalue weighted by Gasteiger charge is 2.26. The molecule has 2 amide bonds. The van der Waals surface area contributed by atoms with E-state index in [9.17, 15) is 13.4 Å². The van der Waals surface area contributed by atoms with Crippen LogP contribution in [0.15, 0.2) is 20.7 Å². The summed E-state index contributed by atoms with van der Waals surface area (Å²) in [5.74, 6) is -0.683. The van der Waals surface area contributed by atoms with Gasteiger partial charge in [-0.15, -0.1) is 15.7 Å². The third-order valence-electron chi connectivity index (χ3n) is 5.37. The molecule has 2 aliphatic carbocycles. The first-order chi connectivity index (χ1) is 13.7. The van der Waals surface area contributed by atoms with Crippen molar-refractivity contribution in [2.24, 2.45) is 9.50 Å². The highest BCUT2D eigenvalue weighted by molar-refractivity contribution is 7.93. The zero-order valence-electron chi connectivity index (χ0n) is 16.6. The highest BCUT2D eigenvalue weighted by atomic mass is 32.2. The Morgan fingerprint density at radius 2 is 1.83 bits per heavy atom. The molecule has 1 aromatic heterocycles. The first-order valence-electron chi connectivity index (χ1n) is 9.70. The monoisotopic (exact) mass is 436 g/mol. The summed E-state index contributed by atoms with van der Waals surface area (Å²) < 4.78 is 30.7. The first-order valence-corrected chi connectivity index (χ1v) is 12.1. The molecule has 0 saturated heterocycles. The summed E-state index contributed by atoms with van der Waals surface area (Å²) in [5.41, 5.74) is 5.64. The third-order valence-corrected chi connectivity index (χ3v) is 8.39. The van der Waals surface area contributed by atoms with Gasteiger partial charge in [0.05, 0.1) is 0 Å². The molecular formula is C20H25FN4O2S2. The summed E-state index contributed by atoms with van der Waals surface area (Å²) in [6.07, 6.45) is 5.94. The van der Waals surface area contributed by atoms with Crippen molar-refractivity contribution in [1.82, 2.24) is 4.90 Å². The van der Waals surface area contributed by atoms with Gasteiger partial charge in [0.1, 0.15) is 0 Å². The first kappa shape index (κ1) is 20.5. The van der Waals surface area contributed by atoms with E-state index < -0.39 is 21.8 Å². The lowest BCUT2D eigenvalue weighted by atomic mass is 9.99. The van der Waals surface area contributed by atoms with Gasteiger partial charge in [-0.3, -0.25) is 0 Å². The molecule has 1 aromatic carbocycles. The molecule has 3 N–H and O–H groups in total. The smallest absolute Gasteiger partial charge is 0.305 e. The number of hydrogen-bond acceptors (Lipinski definition) is 4. The molecule has 2 aliphatic rings. The second-order valence-electron chi connectivity index (χ2n) is 7.91. The Morgan fingerprint density at radius 1 is 1.21 bits per heavy atom. The molecule has 6 nitrogen and oxygen atoms in total. The van der Waals surface area contributed by atoms with Crippen LogP contribution in [-0.4, -0.2) is 29.2 Å². The number of benzene rings is 1. The van der Waals surface area contributed by atoms with E-state index in [0.717, 1.165) is 66.7 Å². The minimum Gasteiger partial charge on any atom is -0.305 e. The van der Waals surface area contributed by atoms with Gasteiger partial charge < -0.3 is 10.2 Å². The largest absolute Gasteiger partial charge is 0.354 e. The molecule has 0 fully saturated rings. The van der Waals surface area contributed by atoms with Gasteiger partial charge in [0.2, 0.25) is 0 Å². The Hall–Kier alpha value is -1.81. The normalized spacial score (nSPS) is 17.1. The minimum atomic E-state index is -3.67. The van der Waals surface area contributed by atoms with E-state index in [0.29, 0.717) is 11.4 Å². The van der Waals surface area contributed by atoms with Crippen molar-refractivity contribution in [3.63, 3.8) is 0 Å². The fourth-order valence-electron chi connectivity index (χ4n) is 4.25. The summed E-state index contributed by atoms with van der Waals surface area (Å²) >= 11 is 0.992. The van der Waals surface area contributed by atoms with E-state index in [-0.39, 0.29) is 4.21 Å². The van der Waals surface area contributed by atoms with Gasteiger partial charge in [-0.2, -0.15) is 0 Å². The number of carbonyl (C=O) groups excluding carboxylic acids is 1. The van der Waals surface area contributed by atoms with E-state index in [1.807, 2.05) is 19.0 Å². The predicted molar refractivity (Wildman–Crippen MR) is 114 cm³/mol. The van der Waals surface area contributed by atoms with Gasteiger partial charge in [-0.1, -0.05) is 6.07 Å². The third kappa shape index (κ3) is 4.09. The fraction of sp³-hybridized carbons (Fsp3) is 0.450. The van der Waals surface area contributed by atoms with Crippen LogP contribution in [0.3, 0.4) is 0 Å². The quantitative estimate of drug-likeness (QED) is 0.763. The zero-order valence-corrected chi connectivity index (χ0v) is 18.2. The van der Waals surface area contributed by atoms with Crippen molar-refractivity contribution in [2.45, 2.75) is 49.3 Å². The van der Waals surface area contributed by atoms with Gasteiger partial charge in [0.15, 0.2) is 19.9 Å². The molecule has 0 aliphatic heterocycles. The van der Waals surface area contributed by atoms with E-state index in [4.69, 9.17) is 5.14 Å². The van der Waals surface area contributed by atoms with Crippen LogP contribution < -0.4 is 10.5 Å². The predicted octanol–water partition coefficient (Wildman–Crippen LogP) is 3.86. The van der Waals surface area contributed by atoms with Crippen molar-refractivity contribution in [3.8, 4) is 0 Å². The molecule has 1 heterocycles. The maximum absolute atomic E-state index is 14.3. The van der Waals surface area contributed by atoms with Crippen molar-refractivity contribution in [2.75, 3.05) is 19.4 Å². The fourth-order valence-corrected chi connectivity index (χ4v) is 6.75. The average Bonchev–Trinajstić information content (AvgIpc) is 3.33. The molecule has 29 heavy (non-hydrogen) atoms. The Labute approximate surface area is 174 Å². The maximum atomic E-state index is 14.3. The van der Waals surface area contributed by atoms with Gasteiger partial charge >= 0.3 is 6.03 Å². The number of anilines is 1. The summed E-state index contributed by atoms with van der Waals surface area (Å²) in [4.78, 5) is 15.2. The SMILES string of the molecule is CN(C)Cc1cc(F)c([S@](N)(=O)=NC(=O)Nc2c3c(cc4c2CCC4)CCC3)s1. The van der Waals surface area contributed by atoms with Crippen molar-refractivity contribution in [1.29, 1.82) is 0 Å². The Kier molecular flexibility index (Phi) is 5.50. The standard InChI is InChI=1S/C20H25FN4O2S2/c1-25(2)11-14-10-17(21)19(28-14)29(22,27)24-20(26)23-18-15-7-3-5-12(15)9-13-6-4-8-16(13)18/h9-10H,3-8,11H2,1-2H3,(H3,22,23,24,26,27)/t29-/m1/s1. The lowest BCUT2D eigenvalue weighted by Gasteiger charge is -2.15. The van der Waals surface area contributed by atoms with E-state index in [1.165, 1.54) is 17.2 Å². The molecule has 0 unspecified atom stereocenters. The Morgan fingerprint density at radius 3 is 2.41 bits per heavy atom. The minimum absolute atomic E-state index is 0.187. The molecule has 156 valence electrons. The molecule has 1 atom stereocenters. The second-order valence-corrected chi connectivity index (χ2v) is 11.0. The molecule has 0 bridgehead atoms. The van der Waals surface area contributed by atoms with Crippen LogP contribution in [0.25, 0.3) is 0 Å². The van der Waals surface area contributed by atoms with Crippen molar-refractivity contribution in [3.05, 3.63) is 45.1 Å². The van der Waals surface area contributed by atoms with Crippen LogP contribution in [0, 0.1) is 5.82 Å². The number of nitrogens with one attached hydrogen (secondary N) is 1. The van der Waals surface area contributed by atoms with Crippen LogP contribution in [0.4, 0.5) is 14.9 Å². The molecule has 2 aromatic rings.